The van der Waals surface area contributed by atoms with Gasteiger partial charge in [-0.3, -0.25) is 9.89 Å². The Morgan fingerprint density at radius 1 is 1.31 bits per heavy atom. The van der Waals surface area contributed by atoms with E-state index in [0.29, 0.717) is 12.0 Å². The Morgan fingerprint density at radius 3 is 2.31 bits per heavy atom. The Bertz CT molecular complexity index is 225. The molecule has 4 heteroatoms. The molecule has 1 fully saturated rings. The van der Waals surface area contributed by atoms with Crippen LogP contribution < -0.4 is 11.5 Å². The van der Waals surface area contributed by atoms with Gasteiger partial charge in [-0.2, -0.15) is 0 Å². The van der Waals surface area contributed by atoms with E-state index >= 15 is 0 Å². The van der Waals surface area contributed by atoms with Crippen LogP contribution in [0.25, 0.3) is 0 Å². The molecular formula is C12H26N4. The summed E-state index contributed by atoms with van der Waals surface area (Å²) < 4.78 is 0. The third-order valence-electron chi connectivity index (χ3n) is 3.52. The maximum Gasteiger partial charge on any atom is 0.185 e. The highest BCUT2D eigenvalue weighted by Gasteiger charge is 2.25. The highest BCUT2D eigenvalue weighted by atomic mass is 15.2. The molecule has 1 heterocycles. The van der Waals surface area contributed by atoms with Gasteiger partial charge in [-0.1, -0.05) is 20.8 Å². The van der Waals surface area contributed by atoms with E-state index in [1.807, 2.05) is 0 Å². The van der Waals surface area contributed by atoms with Gasteiger partial charge in [-0.25, -0.2) is 0 Å². The van der Waals surface area contributed by atoms with Crippen LogP contribution in [0.5, 0.6) is 0 Å². The highest BCUT2D eigenvalue weighted by molar-refractivity contribution is 5.75. The Labute approximate surface area is 99.1 Å². The molecule has 4 nitrogen and oxygen atoms in total. The first-order valence-electron chi connectivity index (χ1n) is 6.30. The second kappa shape index (κ2) is 6.09. The topological polar surface area (TPSA) is 67.6 Å². The second-order valence-electron chi connectivity index (χ2n) is 5.30. The lowest BCUT2D eigenvalue weighted by molar-refractivity contribution is 0.113. The van der Waals surface area contributed by atoms with Gasteiger partial charge in [0, 0.05) is 6.04 Å². The van der Waals surface area contributed by atoms with Gasteiger partial charge in [-0.05, 0) is 37.8 Å². The van der Waals surface area contributed by atoms with Crippen molar-refractivity contribution in [3.8, 4) is 0 Å². The van der Waals surface area contributed by atoms with Crippen LogP contribution in [0.2, 0.25) is 0 Å². The molecule has 0 aliphatic carbocycles. The predicted molar refractivity (Wildman–Crippen MR) is 69.3 cm³/mol. The van der Waals surface area contributed by atoms with Crippen molar-refractivity contribution in [3.05, 3.63) is 0 Å². The van der Waals surface area contributed by atoms with Gasteiger partial charge in [0.25, 0.3) is 0 Å². The Balaban J connectivity index is 2.53. The lowest BCUT2D eigenvalue weighted by Gasteiger charge is -2.38. The van der Waals surface area contributed by atoms with Crippen molar-refractivity contribution in [3.63, 3.8) is 0 Å². The van der Waals surface area contributed by atoms with Crippen LogP contribution in [0, 0.1) is 11.8 Å². The van der Waals surface area contributed by atoms with Gasteiger partial charge in [0.2, 0.25) is 0 Å². The maximum absolute atomic E-state index is 5.40. The van der Waals surface area contributed by atoms with Crippen LogP contribution in [0.4, 0.5) is 0 Å². The lowest BCUT2D eigenvalue weighted by atomic mass is 9.94. The number of nitrogens with zero attached hydrogens (tertiary/aromatic N) is 2. The number of aliphatic imine (C=N–C) groups is 1. The maximum atomic E-state index is 5.40. The van der Waals surface area contributed by atoms with Gasteiger partial charge in [0.05, 0.1) is 6.54 Å². The molecule has 0 aromatic carbocycles. The molecule has 0 bridgehead atoms. The van der Waals surface area contributed by atoms with Crippen molar-refractivity contribution < 1.29 is 0 Å². The second-order valence-corrected chi connectivity index (χ2v) is 5.30. The first-order valence-corrected chi connectivity index (χ1v) is 6.30. The van der Waals surface area contributed by atoms with E-state index in [1.54, 1.807) is 0 Å². The minimum absolute atomic E-state index is 0.205. The molecule has 0 spiro atoms. The predicted octanol–water partition coefficient (Wildman–Crippen LogP) is 1.02. The SMILES string of the molecule is CC1CCN(C(CN=C(N)N)C(C)C)CC1. The minimum atomic E-state index is 0.205. The van der Waals surface area contributed by atoms with Crippen LogP contribution in [-0.4, -0.2) is 36.5 Å². The van der Waals surface area contributed by atoms with Gasteiger partial charge >= 0.3 is 0 Å². The van der Waals surface area contributed by atoms with E-state index in [4.69, 9.17) is 11.5 Å². The molecule has 1 saturated heterocycles. The number of rotatable bonds is 4. The number of likely N-dealkylation sites (tertiary alicyclic amines) is 1. The van der Waals surface area contributed by atoms with Gasteiger partial charge in [0.1, 0.15) is 0 Å². The van der Waals surface area contributed by atoms with E-state index < -0.39 is 0 Å². The Hall–Kier alpha value is -0.770. The summed E-state index contributed by atoms with van der Waals surface area (Å²) in [5.41, 5.74) is 10.8. The van der Waals surface area contributed by atoms with Crippen LogP contribution in [0.15, 0.2) is 4.99 Å². The summed E-state index contributed by atoms with van der Waals surface area (Å²) in [6, 6.07) is 0.481. The summed E-state index contributed by atoms with van der Waals surface area (Å²) in [6.07, 6.45) is 2.59. The Kier molecular flexibility index (Phi) is 5.06. The highest BCUT2D eigenvalue weighted by Crippen LogP contribution is 2.21. The lowest BCUT2D eigenvalue weighted by Crippen LogP contribution is -2.45. The third-order valence-corrected chi connectivity index (χ3v) is 3.52. The number of guanidine groups is 1. The Morgan fingerprint density at radius 2 is 1.88 bits per heavy atom. The molecule has 1 unspecified atom stereocenters. The molecule has 1 aliphatic rings. The van der Waals surface area contributed by atoms with Crippen LogP contribution >= 0.6 is 0 Å². The number of nitrogens with two attached hydrogens (primary N) is 2. The molecule has 0 saturated carbocycles. The molecule has 0 amide bonds. The fourth-order valence-corrected chi connectivity index (χ4v) is 2.31. The summed E-state index contributed by atoms with van der Waals surface area (Å²) >= 11 is 0. The van der Waals surface area contributed by atoms with E-state index in [-0.39, 0.29) is 5.96 Å². The number of hydrogen-bond donors (Lipinski definition) is 2. The van der Waals surface area contributed by atoms with Crippen molar-refractivity contribution in [2.75, 3.05) is 19.6 Å². The van der Waals surface area contributed by atoms with Crippen molar-refractivity contribution in [2.45, 2.75) is 39.7 Å². The van der Waals surface area contributed by atoms with E-state index in [9.17, 15) is 0 Å². The molecule has 0 aromatic heterocycles. The molecule has 1 atom stereocenters. The van der Waals surface area contributed by atoms with Crippen LogP contribution in [-0.2, 0) is 0 Å². The molecule has 1 aliphatic heterocycles. The summed E-state index contributed by atoms with van der Waals surface area (Å²) in [5, 5.41) is 0. The quantitative estimate of drug-likeness (QED) is 0.555. The molecule has 94 valence electrons. The number of hydrogen-bond acceptors (Lipinski definition) is 2. The standard InChI is InChI=1S/C12H26N4/c1-9(2)11(8-15-12(13)14)16-6-4-10(3)5-7-16/h9-11H,4-8H2,1-3H3,(H4,13,14,15). The van der Waals surface area contributed by atoms with Gasteiger partial charge in [0.15, 0.2) is 5.96 Å². The minimum Gasteiger partial charge on any atom is -0.370 e. The van der Waals surface area contributed by atoms with Crippen LogP contribution in [0.1, 0.15) is 33.6 Å². The summed E-state index contributed by atoms with van der Waals surface area (Å²) in [4.78, 5) is 6.71. The van der Waals surface area contributed by atoms with Crippen molar-refractivity contribution >= 4 is 5.96 Å². The summed E-state index contributed by atoms with van der Waals surface area (Å²) in [6.45, 7) is 9.91. The average molecular weight is 226 g/mol. The molecule has 0 radical (unpaired) electrons. The first kappa shape index (κ1) is 13.3. The van der Waals surface area contributed by atoms with E-state index in [1.165, 1.54) is 25.9 Å². The monoisotopic (exact) mass is 226 g/mol. The fraction of sp³-hybridized carbons (Fsp3) is 0.917. The zero-order chi connectivity index (χ0) is 12.1. The van der Waals surface area contributed by atoms with Gasteiger partial charge < -0.3 is 11.5 Å². The largest absolute Gasteiger partial charge is 0.370 e. The van der Waals surface area contributed by atoms with Crippen molar-refractivity contribution in [1.82, 2.24) is 4.90 Å². The molecule has 16 heavy (non-hydrogen) atoms. The third kappa shape index (κ3) is 4.00. The molecule has 4 N–H and O–H groups in total. The van der Waals surface area contributed by atoms with Crippen molar-refractivity contribution in [1.29, 1.82) is 0 Å². The normalized spacial score (nSPS) is 21.0. The first-order chi connectivity index (χ1) is 7.50. The smallest absolute Gasteiger partial charge is 0.185 e. The summed E-state index contributed by atoms with van der Waals surface area (Å²) in [7, 11) is 0. The molecular weight excluding hydrogens is 200 g/mol. The molecule has 0 aromatic rings. The zero-order valence-electron chi connectivity index (χ0n) is 10.8. The number of piperidine rings is 1. The van der Waals surface area contributed by atoms with Crippen molar-refractivity contribution in [2.24, 2.45) is 28.3 Å². The van der Waals surface area contributed by atoms with Crippen LogP contribution in [0.3, 0.4) is 0 Å². The zero-order valence-corrected chi connectivity index (χ0v) is 10.8. The van der Waals surface area contributed by atoms with E-state index in [0.717, 1.165) is 12.5 Å². The molecule has 1 rings (SSSR count). The summed E-state index contributed by atoms with van der Waals surface area (Å²) in [5.74, 6) is 1.67. The van der Waals surface area contributed by atoms with Gasteiger partial charge in [-0.15, -0.1) is 0 Å². The fourth-order valence-electron chi connectivity index (χ4n) is 2.31. The average Bonchev–Trinajstić information content (AvgIpc) is 2.20. The van der Waals surface area contributed by atoms with E-state index in [2.05, 4.69) is 30.7 Å².